The van der Waals surface area contributed by atoms with Crippen LogP contribution in [0.2, 0.25) is 5.15 Å². The molecule has 6 nitrogen and oxygen atoms in total. The molecule has 0 aliphatic heterocycles. The third-order valence-corrected chi connectivity index (χ3v) is 4.69. The summed E-state index contributed by atoms with van der Waals surface area (Å²) in [6.45, 7) is 0. The van der Waals surface area contributed by atoms with Crippen LogP contribution in [0.4, 0.5) is 37.7 Å². The SMILES string of the molecule is NC(=O)/C(=C/c1ccc(C(F)(F)F)nc1)C(=O)N(c1cccc(C(F)(F)F)c1)c1ccnc(Cl)c1. The molecule has 0 atom stereocenters. The average molecular weight is 515 g/mol. The first-order chi connectivity index (χ1) is 16.3. The van der Waals surface area contributed by atoms with E-state index < -0.39 is 41.0 Å². The van der Waals surface area contributed by atoms with Gasteiger partial charge < -0.3 is 5.73 Å². The maximum absolute atomic E-state index is 13.4. The topological polar surface area (TPSA) is 89.2 Å². The zero-order valence-corrected chi connectivity index (χ0v) is 18.0. The van der Waals surface area contributed by atoms with Gasteiger partial charge in [-0.2, -0.15) is 26.3 Å². The molecule has 0 unspecified atom stereocenters. The van der Waals surface area contributed by atoms with Gasteiger partial charge in [0.15, 0.2) is 0 Å². The van der Waals surface area contributed by atoms with E-state index in [0.717, 1.165) is 41.4 Å². The first kappa shape index (κ1) is 25.7. The highest BCUT2D eigenvalue weighted by atomic mass is 35.5. The Morgan fingerprint density at radius 1 is 0.914 bits per heavy atom. The highest BCUT2D eigenvalue weighted by Crippen LogP contribution is 2.35. The number of hydrogen-bond acceptors (Lipinski definition) is 4. The van der Waals surface area contributed by atoms with E-state index in [1.807, 2.05) is 0 Å². The van der Waals surface area contributed by atoms with Crippen LogP contribution in [0, 0.1) is 0 Å². The van der Waals surface area contributed by atoms with E-state index in [-0.39, 0.29) is 22.1 Å². The van der Waals surface area contributed by atoms with E-state index in [2.05, 4.69) is 9.97 Å². The summed E-state index contributed by atoms with van der Waals surface area (Å²) in [6.07, 6.45) is -6.64. The number of nitrogens with zero attached hydrogens (tertiary/aromatic N) is 3. The fourth-order valence-electron chi connectivity index (χ4n) is 2.92. The molecule has 13 heteroatoms. The maximum atomic E-state index is 13.4. The van der Waals surface area contributed by atoms with Crippen molar-refractivity contribution in [3.8, 4) is 0 Å². The normalized spacial score (nSPS) is 12.4. The Hall–Kier alpha value is -3.93. The monoisotopic (exact) mass is 514 g/mol. The smallest absolute Gasteiger partial charge is 0.365 e. The molecular weight excluding hydrogens is 502 g/mol. The molecule has 0 bridgehead atoms. The van der Waals surface area contributed by atoms with Gasteiger partial charge in [0, 0.05) is 18.1 Å². The predicted molar refractivity (Wildman–Crippen MR) is 114 cm³/mol. The Morgan fingerprint density at radius 2 is 1.60 bits per heavy atom. The van der Waals surface area contributed by atoms with Crippen LogP contribution in [-0.4, -0.2) is 21.8 Å². The van der Waals surface area contributed by atoms with Crippen molar-refractivity contribution >= 4 is 40.9 Å². The van der Waals surface area contributed by atoms with Crippen molar-refractivity contribution in [2.75, 3.05) is 4.90 Å². The van der Waals surface area contributed by atoms with E-state index in [1.165, 1.54) is 18.3 Å². The molecule has 0 saturated heterocycles. The summed E-state index contributed by atoms with van der Waals surface area (Å²) < 4.78 is 78.1. The van der Waals surface area contributed by atoms with Crippen molar-refractivity contribution in [2.45, 2.75) is 12.4 Å². The first-order valence-electron chi connectivity index (χ1n) is 9.45. The molecule has 35 heavy (non-hydrogen) atoms. The molecule has 0 aliphatic carbocycles. The summed E-state index contributed by atoms with van der Waals surface area (Å²) in [6, 6.07) is 7.68. The number of primary amides is 1. The van der Waals surface area contributed by atoms with Crippen LogP contribution < -0.4 is 10.6 Å². The lowest BCUT2D eigenvalue weighted by atomic mass is 10.1. The Bertz CT molecular complexity index is 1290. The number of alkyl halides is 6. The van der Waals surface area contributed by atoms with Crippen molar-refractivity contribution in [3.63, 3.8) is 0 Å². The number of rotatable bonds is 5. The van der Waals surface area contributed by atoms with E-state index in [9.17, 15) is 35.9 Å². The number of benzene rings is 1. The van der Waals surface area contributed by atoms with Crippen LogP contribution in [0.15, 0.2) is 66.5 Å². The summed E-state index contributed by atoms with van der Waals surface area (Å²) in [5, 5.41) is -0.108. The lowest BCUT2D eigenvalue weighted by Crippen LogP contribution is -2.33. The van der Waals surface area contributed by atoms with Crippen molar-refractivity contribution in [1.82, 2.24) is 9.97 Å². The molecule has 3 aromatic rings. The average Bonchev–Trinajstić information content (AvgIpc) is 2.77. The van der Waals surface area contributed by atoms with Gasteiger partial charge in [-0.05, 0) is 48.0 Å². The molecule has 2 amide bonds. The zero-order valence-electron chi connectivity index (χ0n) is 17.2. The van der Waals surface area contributed by atoms with Crippen molar-refractivity contribution in [3.05, 3.63) is 88.5 Å². The van der Waals surface area contributed by atoms with Gasteiger partial charge in [0.2, 0.25) is 0 Å². The van der Waals surface area contributed by atoms with Crippen molar-refractivity contribution < 1.29 is 35.9 Å². The Labute approximate surface area is 198 Å². The largest absolute Gasteiger partial charge is 0.433 e. The van der Waals surface area contributed by atoms with Crippen molar-refractivity contribution in [1.29, 1.82) is 0 Å². The number of halogens is 7. The van der Waals surface area contributed by atoms with Gasteiger partial charge in [-0.1, -0.05) is 23.7 Å². The molecule has 182 valence electrons. The Morgan fingerprint density at radius 3 is 2.14 bits per heavy atom. The number of hydrogen-bond donors (Lipinski definition) is 1. The van der Waals surface area contributed by atoms with Crippen LogP contribution in [0.25, 0.3) is 6.08 Å². The van der Waals surface area contributed by atoms with Gasteiger partial charge in [0.05, 0.1) is 11.3 Å². The summed E-state index contributed by atoms with van der Waals surface area (Å²) in [5.41, 5.74) is 1.88. The van der Waals surface area contributed by atoms with Gasteiger partial charge in [-0.25, -0.2) is 4.98 Å². The lowest BCUT2D eigenvalue weighted by Gasteiger charge is -2.24. The van der Waals surface area contributed by atoms with E-state index in [4.69, 9.17) is 17.3 Å². The minimum absolute atomic E-state index is 0.0491. The van der Waals surface area contributed by atoms with Gasteiger partial charge in [0.1, 0.15) is 16.4 Å². The summed E-state index contributed by atoms with van der Waals surface area (Å²) in [4.78, 5) is 33.3. The van der Waals surface area contributed by atoms with Gasteiger partial charge in [-0.3, -0.25) is 19.5 Å². The zero-order chi connectivity index (χ0) is 26.0. The fourth-order valence-corrected chi connectivity index (χ4v) is 3.09. The molecule has 0 aliphatic rings. The second-order valence-electron chi connectivity index (χ2n) is 6.92. The molecule has 2 aromatic heterocycles. The number of carbonyl (C=O) groups is 2. The number of carbonyl (C=O) groups excluding carboxylic acids is 2. The molecule has 0 radical (unpaired) electrons. The van der Waals surface area contributed by atoms with Crippen LogP contribution >= 0.6 is 11.6 Å². The standard InChI is InChI=1S/C22H13ClF6N4O2/c23-18-10-15(6-7-31-18)33(14-3-1-2-13(9-14)21(24,25)26)20(35)16(19(30)34)8-12-4-5-17(32-11-12)22(27,28)29/h1-11H,(H2,30,34)/b16-8-. The third kappa shape index (κ3) is 6.15. The first-order valence-corrected chi connectivity index (χ1v) is 9.83. The molecule has 2 heterocycles. The molecule has 0 saturated carbocycles. The van der Waals surface area contributed by atoms with Crippen molar-refractivity contribution in [2.24, 2.45) is 5.73 Å². The highest BCUT2D eigenvalue weighted by Gasteiger charge is 2.33. The van der Waals surface area contributed by atoms with Crippen LogP contribution in [0.3, 0.4) is 0 Å². The summed E-state index contributed by atoms with van der Waals surface area (Å²) >= 11 is 5.87. The van der Waals surface area contributed by atoms with Crippen LogP contribution in [0.5, 0.6) is 0 Å². The minimum atomic E-state index is -4.74. The fraction of sp³-hybridized carbons (Fsp3) is 0.0909. The highest BCUT2D eigenvalue weighted by molar-refractivity contribution is 6.30. The molecule has 2 N–H and O–H groups in total. The second kappa shape index (κ2) is 9.74. The molecule has 0 fully saturated rings. The lowest BCUT2D eigenvalue weighted by molar-refractivity contribution is -0.141. The quantitative estimate of drug-likeness (QED) is 0.162. The summed E-state index contributed by atoms with van der Waals surface area (Å²) in [5.74, 6) is -2.45. The number of pyridine rings is 2. The van der Waals surface area contributed by atoms with E-state index in [1.54, 1.807) is 0 Å². The number of nitrogens with two attached hydrogens (primary N) is 1. The van der Waals surface area contributed by atoms with Crippen LogP contribution in [0.1, 0.15) is 16.8 Å². The minimum Gasteiger partial charge on any atom is -0.365 e. The molecule has 1 aromatic carbocycles. The summed E-state index contributed by atoms with van der Waals surface area (Å²) in [7, 11) is 0. The number of aromatic nitrogens is 2. The van der Waals surface area contributed by atoms with Crippen LogP contribution in [-0.2, 0) is 21.9 Å². The molecule has 0 spiro atoms. The van der Waals surface area contributed by atoms with Gasteiger partial charge in [0.25, 0.3) is 11.8 Å². The predicted octanol–water partition coefficient (Wildman–Crippen LogP) is 5.40. The number of amides is 2. The van der Waals surface area contributed by atoms with Gasteiger partial charge >= 0.3 is 12.4 Å². The Kier molecular flexibility index (Phi) is 7.15. The molecule has 3 rings (SSSR count). The Balaban J connectivity index is 2.14. The van der Waals surface area contributed by atoms with E-state index in [0.29, 0.717) is 12.1 Å². The molecular formula is C22H13ClF6N4O2. The van der Waals surface area contributed by atoms with Gasteiger partial charge in [-0.15, -0.1) is 0 Å². The third-order valence-electron chi connectivity index (χ3n) is 4.49. The number of anilines is 2. The second-order valence-corrected chi connectivity index (χ2v) is 7.31. The van der Waals surface area contributed by atoms with E-state index >= 15 is 0 Å². The maximum Gasteiger partial charge on any atom is 0.433 e.